The molecule has 1 heterocycles. The molecule has 28 heavy (non-hydrogen) atoms. The van der Waals surface area contributed by atoms with Crippen molar-refractivity contribution in [2.24, 2.45) is 5.10 Å². The standard InChI is InChI=1S/C19H12BrClN4O3/c20-14-3-6-17(28-19(27)12-1-4-15(21)5-2-12)13(9-14)10-24-25-18(26)16-11-22-7-8-23-16/h1-11H,(H,25,26). The van der Waals surface area contributed by atoms with Crippen LogP contribution in [0.1, 0.15) is 26.4 Å². The molecule has 1 amide bonds. The van der Waals surface area contributed by atoms with Crippen molar-refractivity contribution >= 4 is 45.6 Å². The fraction of sp³-hybridized carbons (Fsp3) is 0. The number of hydrogen-bond acceptors (Lipinski definition) is 6. The Morgan fingerprint density at radius 3 is 2.64 bits per heavy atom. The summed E-state index contributed by atoms with van der Waals surface area (Å²) in [7, 11) is 0. The zero-order valence-corrected chi connectivity index (χ0v) is 16.5. The van der Waals surface area contributed by atoms with Crippen LogP contribution < -0.4 is 10.2 Å². The quantitative estimate of drug-likeness (QED) is 0.270. The second kappa shape index (κ2) is 9.20. The van der Waals surface area contributed by atoms with E-state index in [2.05, 4.69) is 36.4 Å². The van der Waals surface area contributed by atoms with Gasteiger partial charge in [0.2, 0.25) is 0 Å². The van der Waals surface area contributed by atoms with E-state index < -0.39 is 11.9 Å². The van der Waals surface area contributed by atoms with E-state index in [1.165, 1.54) is 24.8 Å². The second-order valence-electron chi connectivity index (χ2n) is 5.37. The highest BCUT2D eigenvalue weighted by Crippen LogP contribution is 2.23. The number of nitrogens with zero attached hydrogens (tertiary/aromatic N) is 3. The van der Waals surface area contributed by atoms with E-state index in [0.717, 1.165) is 4.47 Å². The van der Waals surface area contributed by atoms with Crippen molar-refractivity contribution < 1.29 is 14.3 Å². The van der Waals surface area contributed by atoms with Crippen molar-refractivity contribution in [1.29, 1.82) is 0 Å². The van der Waals surface area contributed by atoms with Crippen molar-refractivity contribution in [3.63, 3.8) is 0 Å². The lowest BCUT2D eigenvalue weighted by atomic mass is 10.2. The minimum absolute atomic E-state index is 0.128. The molecule has 0 fully saturated rings. The summed E-state index contributed by atoms with van der Waals surface area (Å²) in [6.07, 6.45) is 5.55. The highest BCUT2D eigenvalue weighted by atomic mass is 79.9. The molecule has 0 bridgehead atoms. The molecule has 140 valence electrons. The Hall–Kier alpha value is -3.10. The number of carbonyl (C=O) groups is 2. The Balaban J connectivity index is 1.74. The molecule has 1 N–H and O–H groups in total. The normalized spacial score (nSPS) is 10.6. The van der Waals surface area contributed by atoms with Gasteiger partial charge in [-0.1, -0.05) is 27.5 Å². The summed E-state index contributed by atoms with van der Waals surface area (Å²) in [5.74, 6) is -0.781. The van der Waals surface area contributed by atoms with Crippen LogP contribution in [0, 0.1) is 0 Å². The van der Waals surface area contributed by atoms with Gasteiger partial charge in [-0.2, -0.15) is 5.10 Å². The Morgan fingerprint density at radius 1 is 1.14 bits per heavy atom. The molecular weight excluding hydrogens is 448 g/mol. The molecule has 0 saturated heterocycles. The predicted molar refractivity (Wildman–Crippen MR) is 108 cm³/mol. The predicted octanol–water partition coefficient (Wildman–Crippen LogP) is 3.88. The summed E-state index contributed by atoms with van der Waals surface area (Å²) >= 11 is 9.18. The van der Waals surface area contributed by atoms with Crippen LogP contribution in [0.4, 0.5) is 0 Å². The third-order valence-electron chi connectivity index (χ3n) is 3.42. The van der Waals surface area contributed by atoms with Gasteiger partial charge < -0.3 is 4.74 Å². The number of halogens is 2. The lowest BCUT2D eigenvalue weighted by Crippen LogP contribution is -2.19. The fourth-order valence-corrected chi connectivity index (χ4v) is 2.60. The molecular formula is C19H12BrClN4O3. The van der Waals surface area contributed by atoms with Crippen molar-refractivity contribution in [3.05, 3.63) is 87.4 Å². The number of benzene rings is 2. The summed E-state index contributed by atoms with van der Waals surface area (Å²) in [5.41, 5.74) is 3.31. The number of ether oxygens (including phenoxy) is 1. The largest absolute Gasteiger partial charge is 0.422 e. The van der Waals surface area contributed by atoms with Crippen molar-refractivity contribution in [1.82, 2.24) is 15.4 Å². The van der Waals surface area contributed by atoms with Gasteiger partial charge in [0.15, 0.2) is 0 Å². The molecule has 0 aliphatic rings. The van der Waals surface area contributed by atoms with Gasteiger partial charge in [-0.3, -0.25) is 9.78 Å². The van der Waals surface area contributed by atoms with E-state index in [4.69, 9.17) is 16.3 Å². The molecule has 2 aromatic carbocycles. The van der Waals surface area contributed by atoms with Crippen molar-refractivity contribution in [2.75, 3.05) is 0 Å². The molecule has 3 aromatic rings. The van der Waals surface area contributed by atoms with Gasteiger partial charge in [-0.15, -0.1) is 0 Å². The number of hydrazone groups is 1. The Bertz CT molecular complexity index is 1030. The smallest absolute Gasteiger partial charge is 0.343 e. The molecule has 0 unspecified atom stereocenters. The van der Waals surface area contributed by atoms with Gasteiger partial charge in [-0.25, -0.2) is 15.2 Å². The van der Waals surface area contributed by atoms with E-state index in [0.29, 0.717) is 16.1 Å². The van der Waals surface area contributed by atoms with Gasteiger partial charge in [0.1, 0.15) is 11.4 Å². The Labute approximate surface area is 173 Å². The van der Waals surface area contributed by atoms with E-state index in [1.54, 1.807) is 42.5 Å². The van der Waals surface area contributed by atoms with E-state index >= 15 is 0 Å². The first kappa shape index (κ1) is 19.7. The number of rotatable bonds is 5. The zero-order chi connectivity index (χ0) is 19.9. The van der Waals surface area contributed by atoms with Crippen LogP contribution in [0.5, 0.6) is 5.75 Å². The Kier molecular flexibility index (Phi) is 6.46. The third-order valence-corrected chi connectivity index (χ3v) is 4.17. The average Bonchev–Trinajstić information content (AvgIpc) is 2.71. The summed E-state index contributed by atoms with van der Waals surface area (Å²) in [4.78, 5) is 32.0. The summed E-state index contributed by atoms with van der Waals surface area (Å²) in [5, 5.41) is 4.41. The van der Waals surface area contributed by atoms with E-state index in [-0.39, 0.29) is 11.4 Å². The van der Waals surface area contributed by atoms with Gasteiger partial charge in [0, 0.05) is 27.5 Å². The molecule has 3 rings (SSSR count). The van der Waals surface area contributed by atoms with Gasteiger partial charge in [0.25, 0.3) is 5.91 Å². The molecule has 0 atom stereocenters. The van der Waals surface area contributed by atoms with Crippen LogP contribution in [-0.4, -0.2) is 28.1 Å². The van der Waals surface area contributed by atoms with E-state index in [9.17, 15) is 9.59 Å². The molecule has 1 aromatic heterocycles. The number of nitrogens with one attached hydrogen (secondary N) is 1. The Morgan fingerprint density at radius 2 is 1.93 bits per heavy atom. The van der Waals surface area contributed by atoms with E-state index in [1.807, 2.05) is 0 Å². The lowest BCUT2D eigenvalue weighted by molar-refractivity contribution is 0.0734. The van der Waals surface area contributed by atoms with Crippen molar-refractivity contribution in [3.8, 4) is 5.75 Å². The number of aromatic nitrogens is 2. The lowest BCUT2D eigenvalue weighted by Gasteiger charge is -2.08. The summed E-state index contributed by atoms with van der Waals surface area (Å²) in [6, 6.07) is 11.4. The van der Waals surface area contributed by atoms with Crippen LogP contribution in [0.3, 0.4) is 0 Å². The van der Waals surface area contributed by atoms with Crippen molar-refractivity contribution in [2.45, 2.75) is 0 Å². The monoisotopic (exact) mass is 458 g/mol. The minimum atomic E-state index is -0.544. The molecule has 7 nitrogen and oxygen atoms in total. The SMILES string of the molecule is O=C(Oc1ccc(Br)cc1C=NNC(=O)c1cnccn1)c1ccc(Cl)cc1. The summed E-state index contributed by atoms with van der Waals surface area (Å²) in [6.45, 7) is 0. The van der Waals surface area contributed by atoms with Gasteiger partial charge >= 0.3 is 5.97 Å². The number of amides is 1. The number of carbonyl (C=O) groups excluding carboxylic acids is 2. The molecule has 0 aliphatic heterocycles. The minimum Gasteiger partial charge on any atom is -0.422 e. The second-order valence-corrected chi connectivity index (χ2v) is 6.72. The molecule has 9 heteroatoms. The van der Waals surface area contributed by atoms with Crippen LogP contribution >= 0.6 is 27.5 Å². The molecule has 0 saturated carbocycles. The van der Waals surface area contributed by atoms with Crippen LogP contribution in [0.25, 0.3) is 0 Å². The first-order valence-electron chi connectivity index (χ1n) is 7.89. The van der Waals surface area contributed by atoms with Gasteiger partial charge in [-0.05, 0) is 42.5 Å². The first-order chi connectivity index (χ1) is 13.5. The number of esters is 1. The zero-order valence-electron chi connectivity index (χ0n) is 14.2. The highest BCUT2D eigenvalue weighted by Gasteiger charge is 2.12. The highest BCUT2D eigenvalue weighted by molar-refractivity contribution is 9.10. The van der Waals surface area contributed by atoms with Gasteiger partial charge in [0.05, 0.1) is 18.0 Å². The topological polar surface area (TPSA) is 93.5 Å². The maximum Gasteiger partial charge on any atom is 0.343 e. The summed E-state index contributed by atoms with van der Waals surface area (Å²) < 4.78 is 6.19. The number of hydrogen-bond donors (Lipinski definition) is 1. The molecule has 0 radical (unpaired) electrons. The fourth-order valence-electron chi connectivity index (χ4n) is 2.09. The maximum atomic E-state index is 12.3. The third kappa shape index (κ3) is 5.21. The maximum absolute atomic E-state index is 12.3. The van der Waals surface area contributed by atoms with Crippen LogP contribution in [0.2, 0.25) is 5.02 Å². The molecule has 0 aliphatic carbocycles. The molecule has 0 spiro atoms. The van der Waals surface area contributed by atoms with Crippen LogP contribution in [0.15, 0.2) is 70.6 Å². The first-order valence-corrected chi connectivity index (χ1v) is 9.07. The average molecular weight is 460 g/mol. The van der Waals surface area contributed by atoms with Crippen LogP contribution in [-0.2, 0) is 0 Å².